The van der Waals surface area contributed by atoms with Crippen LogP contribution in [0.15, 0.2) is 42.9 Å². The Hall–Kier alpha value is -2.47. The molecule has 130 valence electrons. The van der Waals surface area contributed by atoms with Gasteiger partial charge in [-0.25, -0.2) is 9.97 Å². The number of piperidine rings is 1. The SMILES string of the molecule is Cn1cnc2cnc(N3CCC(C(O)Cc4ccccc4)CC3)nc21. The number of aromatic nitrogens is 4. The van der Waals surface area contributed by atoms with Crippen LogP contribution in [0.5, 0.6) is 0 Å². The van der Waals surface area contributed by atoms with Crippen LogP contribution >= 0.6 is 0 Å². The molecule has 0 amide bonds. The van der Waals surface area contributed by atoms with E-state index in [2.05, 4.69) is 32.0 Å². The highest BCUT2D eigenvalue weighted by molar-refractivity contribution is 5.70. The first kappa shape index (κ1) is 16.0. The summed E-state index contributed by atoms with van der Waals surface area (Å²) >= 11 is 0. The second-order valence-electron chi connectivity index (χ2n) is 6.82. The third kappa shape index (κ3) is 3.35. The number of benzene rings is 1. The molecule has 1 N–H and O–H groups in total. The van der Waals surface area contributed by atoms with E-state index in [4.69, 9.17) is 0 Å². The molecule has 1 aliphatic heterocycles. The number of hydrogen-bond donors (Lipinski definition) is 1. The molecule has 4 rings (SSSR count). The quantitative estimate of drug-likeness (QED) is 0.790. The van der Waals surface area contributed by atoms with Gasteiger partial charge >= 0.3 is 0 Å². The number of hydrogen-bond acceptors (Lipinski definition) is 5. The molecule has 0 saturated carbocycles. The van der Waals surface area contributed by atoms with E-state index in [1.807, 2.05) is 29.8 Å². The van der Waals surface area contributed by atoms with Crippen LogP contribution in [-0.4, -0.2) is 43.8 Å². The fourth-order valence-corrected chi connectivity index (χ4v) is 3.57. The summed E-state index contributed by atoms with van der Waals surface area (Å²) < 4.78 is 1.91. The van der Waals surface area contributed by atoms with Crippen LogP contribution in [0, 0.1) is 5.92 Å². The lowest BCUT2D eigenvalue weighted by Gasteiger charge is -2.34. The van der Waals surface area contributed by atoms with Gasteiger partial charge in [0.05, 0.1) is 18.6 Å². The highest BCUT2D eigenvalue weighted by Gasteiger charge is 2.26. The number of imidazole rings is 1. The van der Waals surface area contributed by atoms with E-state index in [1.54, 1.807) is 12.5 Å². The van der Waals surface area contributed by atoms with Gasteiger partial charge < -0.3 is 14.6 Å². The van der Waals surface area contributed by atoms with E-state index >= 15 is 0 Å². The molecule has 2 aromatic heterocycles. The number of aryl methyl sites for hydroxylation is 1. The summed E-state index contributed by atoms with van der Waals surface area (Å²) in [7, 11) is 1.94. The summed E-state index contributed by atoms with van der Waals surface area (Å²) in [4.78, 5) is 15.6. The molecule has 1 saturated heterocycles. The Morgan fingerprint density at radius 3 is 2.68 bits per heavy atom. The molecule has 1 aromatic carbocycles. The van der Waals surface area contributed by atoms with Gasteiger partial charge in [0, 0.05) is 20.1 Å². The molecule has 1 aliphatic rings. The summed E-state index contributed by atoms with van der Waals surface area (Å²) in [6.45, 7) is 1.75. The van der Waals surface area contributed by atoms with Crippen molar-refractivity contribution in [2.24, 2.45) is 13.0 Å². The number of aliphatic hydroxyl groups is 1. The van der Waals surface area contributed by atoms with E-state index in [0.29, 0.717) is 5.92 Å². The largest absolute Gasteiger partial charge is 0.392 e. The van der Waals surface area contributed by atoms with Crippen LogP contribution in [0.4, 0.5) is 5.95 Å². The van der Waals surface area contributed by atoms with Gasteiger partial charge in [0.25, 0.3) is 0 Å². The molecule has 3 heterocycles. The van der Waals surface area contributed by atoms with Crippen molar-refractivity contribution in [1.82, 2.24) is 19.5 Å². The van der Waals surface area contributed by atoms with E-state index < -0.39 is 0 Å². The third-order valence-electron chi connectivity index (χ3n) is 5.10. The zero-order chi connectivity index (χ0) is 17.2. The fraction of sp³-hybridized carbons (Fsp3) is 0.421. The summed E-state index contributed by atoms with van der Waals surface area (Å²) in [6.07, 6.45) is 5.90. The van der Waals surface area contributed by atoms with Gasteiger partial charge in [-0.2, -0.15) is 4.98 Å². The van der Waals surface area contributed by atoms with Gasteiger partial charge in [-0.3, -0.25) is 0 Å². The smallest absolute Gasteiger partial charge is 0.227 e. The van der Waals surface area contributed by atoms with Crippen LogP contribution in [0.2, 0.25) is 0 Å². The molecule has 0 bridgehead atoms. The van der Waals surface area contributed by atoms with Crippen molar-refractivity contribution in [3.05, 3.63) is 48.4 Å². The van der Waals surface area contributed by atoms with Crippen molar-refractivity contribution in [2.45, 2.75) is 25.4 Å². The first-order valence-electron chi connectivity index (χ1n) is 8.82. The fourth-order valence-electron chi connectivity index (χ4n) is 3.57. The highest BCUT2D eigenvalue weighted by Crippen LogP contribution is 2.25. The summed E-state index contributed by atoms with van der Waals surface area (Å²) in [5.74, 6) is 1.09. The van der Waals surface area contributed by atoms with E-state index in [9.17, 15) is 5.11 Å². The predicted molar refractivity (Wildman–Crippen MR) is 97.4 cm³/mol. The molecule has 1 unspecified atom stereocenters. The summed E-state index contributed by atoms with van der Waals surface area (Å²) in [6, 6.07) is 10.2. The van der Waals surface area contributed by atoms with Crippen molar-refractivity contribution in [3.63, 3.8) is 0 Å². The normalized spacial score (nSPS) is 17.1. The van der Waals surface area contributed by atoms with Crippen molar-refractivity contribution in [2.75, 3.05) is 18.0 Å². The maximum Gasteiger partial charge on any atom is 0.227 e. The van der Waals surface area contributed by atoms with Gasteiger partial charge in [-0.15, -0.1) is 0 Å². The zero-order valence-electron chi connectivity index (χ0n) is 14.4. The second kappa shape index (κ2) is 6.80. The Morgan fingerprint density at radius 2 is 1.92 bits per heavy atom. The number of anilines is 1. The molecular formula is C19H23N5O. The van der Waals surface area contributed by atoms with Crippen LogP contribution in [0.1, 0.15) is 18.4 Å². The minimum atomic E-state index is -0.287. The molecule has 6 nitrogen and oxygen atoms in total. The lowest BCUT2D eigenvalue weighted by atomic mass is 9.88. The van der Waals surface area contributed by atoms with Crippen LogP contribution in [-0.2, 0) is 13.5 Å². The molecule has 25 heavy (non-hydrogen) atoms. The lowest BCUT2D eigenvalue weighted by molar-refractivity contribution is 0.0928. The molecule has 1 fully saturated rings. The zero-order valence-corrected chi connectivity index (χ0v) is 14.4. The van der Waals surface area contributed by atoms with Crippen LogP contribution in [0.25, 0.3) is 11.2 Å². The van der Waals surface area contributed by atoms with Crippen molar-refractivity contribution in [1.29, 1.82) is 0 Å². The molecular weight excluding hydrogens is 314 g/mol. The minimum absolute atomic E-state index is 0.287. The maximum atomic E-state index is 10.6. The average molecular weight is 337 g/mol. The van der Waals surface area contributed by atoms with Crippen molar-refractivity contribution >= 4 is 17.1 Å². The van der Waals surface area contributed by atoms with E-state index in [0.717, 1.165) is 49.5 Å². The Bertz CT molecular complexity index is 839. The number of rotatable bonds is 4. The Balaban J connectivity index is 1.39. The van der Waals surface area contributed by atoms with Gasteiger partial charge in [0.15, 0.2) is 5.65 Å². The number of fused-ring (bicyclic) bond motifs is 1. The topological polar surface area (TPSA) is 67.1 Å². The lowest BCUT2D eigenvalue weighted by Crippen LogP contribution is -2.39. The first-order valence-corrected chi connectivity index (χ1v) is 8.82. The highest BCUT2D eigenvalue weighted by atomic mass is 16.3. The molecule has 0 spiro atoms. The Morgan fingerprint density at radius 1 is 1.16 bits per heavy atom. The van der Waals surface area contributed by atoms with Gasteiger partial charge in [-0.1, -0.05) is 30.3 Å². The number of nitrogens with zero attached hydrogens (tertiary/aromatic N) is 5. The Labute approximate surface area is 147 Å². The molecule has 6 heteroatoms. The Kier molecular flexibility index (Phi) is 4.36. The van der Waals surface area contributed by atoms with Crippen LogP contribution in [0.3, 0.4) is 0 Å². The maximum absolute atomic E-state index is 10.6. The van der Waals surface area contributed by atoms with Crippen LogP contribution < -0.4 is 4.90 Å². The molecule has 1 atom stereocenters. The average Bonchev–Trinajstić information content (AvgIpc) is 3.03. The molecule has 0 aliphatic carbocycles. The van der Waals surface area contributed by atoms with Gasteiger partial charge in [-0.05, 0) is 30.7 Å². The summed E-state index contributed by atoms with van der Waals surface area (Å²) in [5.41, 5.74) is 2.87. The minimum Gasteiger partial charge on any atom is -0.392 e. The second-order valence-corrected chi connectivity index (χ2v) is 6.82. The molecule has 0 radical (unpaired) electrons. The monoisotopic (exact) mass is 337 g/mol. The van der Waals surface area contributed by atoms with Gasteiger partial charge in [0.2, 0.25) is 5.95 Å². The van der Waals surface area contributed by atoms with Gasteiger partial charge in [0.1, 0.15) is 5.52 Å². The molecule has 3 aromatic rings. The standard InChI is InChI=1S/C19H23N5O/c1-23-13-21-16-12-20-19(22-18(16)23)24-9-7-15(8-10-24)17(25)11-14-5-3-2-4-6-14/h2-6,12-13,15,17,25H,7-11H2,1H3. The summed E-state index contributed by atoms with van der Waals surface area (Å²) in [5, 5.41) is 10.6. The van der Waals surface area contributed by atoms with Crippen molar-refractivity contribution < 1.29 is 5.11 Å². The predicted octanol–water partition coefficient (Wildman–Crippen LogP) is 2.18. The van der Waals surface area contributed by atoms with Crippen molar-refractivity contribution in [3.8, 4) is 0 Å². The van der Waals surface area contributed by atoms with E-state index in [1.165, 1.54) is 5.56 Å². The number of aliphatic hydroxyl groups excluding tert-OH is 1. The third-order valence-corrected chi connectivity index (χ3v) is 5.10. The first-order chi connectivity index (χ1) is 12.2. The van der Waals surface area contributed by atoms with E-state index in [-0.39, 0.29) is 6.10 Å².